The fourth-order valence-electron chi connectivity index (χ4n) is 0.967. The van der Waals surface area contributed by atoms with Gasteiger partial charge in [-0.15, -0.1) is 0 Å². The van der Waals surface area contributed by atoms with Gasteiger partial charge in [0.2, 0.25) is 17.7 Å². The minimum Gasteiger partial charge on any atom is -0.357 e. The molecular weight excluding hydrogens is 248 g/mol. The van der Waals surface area contributed by atoms with E-state index in [-0.39, 0.29) is 18.4 Å². The zero-order valence-corrected chi connectivity index (χ0v) is 12.4. The molecule has 0 aromatic rings. The van der Waals surface area contributed by atoms with Crippen LogP contribution >= 0.6 is 0 Å². The molecule has 0 radical (unpaired) electrons. The quantitative estimate of drug-likeness (QED) is 0.521. The van der Waals surface area contributed by atoms with Crippen molar-refractivity contribution in [1.29, 1.82) is 0 Å². The highest BCUT2D eigenvalue weighted by Gasteiger charge is 2.28. The van der Waals surface area contributed by atoms with Crippen LogP contribution in [0.1, 0.15) is 34.1 Å². The lowest BCUT2D eigenvalue weighted by Gasteiger charge is -2.24. The Labute approximate surface area is 114 Å². The number of nitrogens with two attached hydrogens (primary N) is 1. The fourth-order valence-corrected chi connectivity index (χ4v) is 0.967. The third kappa shape index (κ3) is 11.2. The average molecular weight is 274 g/mol. The Morgan fingerprint density at radius 3 is 2.00 bits per heavy atom. The summed E-state index contributed by atoms with van der Waals surface area (Å²) >= 11 is 0. The van der Waals surface area contributed by atoms with Crippen molar-refractivity contribution in [3.63, 3.8) is 0 Å². The first-order chi connectivity index (χ1) is 8.71. The molecule has 0 saturated heterocycles. The normalized spacial score (nSPS) is 9.79. The second-order valence-corrected chi connectivity index (χ2v) is 4.45. The van der Waals surface area contributed by atoms with Crippen molar-refractivity contribution in [2.45, 2.75) is 39.7 Å². The highest BCUT2D eigenvalue weighted by molar-refractivity contribution is 5.92. The molecule has 7 nitrogen and oxygen atoms in total. The van der Waals surface area contributed by atoms with Crippen LogP contribution < -0.4 is 21.7 Å². The molecule has 3 amide bonds. The Morgan fingerprint density at radius 2 is 1.68 bits per heavy atom. The zero-order chi connectivity index (χ0) is 15.5. The van der Waals surface area contributed by atoms with Crippen LogP contribution in [0.5, 0.6) is 0 Å². The summed E-state index contributed by atoms with van der Waals surface area (Å²) in [5.74, 6) is -0.986. The van der Waals surface area contributed by atoms with Crippen LogP contribution in [0.4, 0.5) is 0 Å². The van der Waals surface area contributed by atoms with E-state index >= 15 is 0 Å². The van der Waals surface area contributed by atoms with Crippen LogP contribution in [0.25, 0.3) is 0 Å². The van der Waals surface area contributed by atoms with E-state index in [0.29, 0.717) is 0 Å². The lowest BCUT2D eigenvalue weighted by Crippen LogP contribution is -2.55. The molecule has 0 aliphatic heterocycles. The molecule has 0 rings (SSSR count). The summed E-state index contributed by atoms with van der Waals surface area (Å²) in [4.78, 5) is 33.1. The van der Waals surface area contributed by atoms with Gasteiger partial charge in [-0.05, 0) is 26.8 Å². The molecule has 0 aliphatic carbocycles. The van der Waals surface area contributed by atoms with E-state index in [4.69, 9.17) is 5.73 Å². The molecule has 0 spiro atoms. The summed E-state index contributed by atoms with van der Waals surface area (Å²) < 4.78 is 0. The molecule has 0 bridgehead atoms. The van der Waals surface area contributed by atoms with Crippen molar-refractivity contribution in [1.82, 2.24) is 16.0 Å². The lowest BCUT2D eigenvalue weighted by atomic mass is 10.0. The smallest absolute Gasteiger partial charge is 0.244 e. The molecule has 0 heterocycles. The molecule has 0 fully saturated rings. The number of rotatable bonds is 5. The van der Waals surface area contributed by atoms with E-state index in [0.717, 1.165) is 13.0 Å². The van der Waals surface area contributed by atoms with Crippen LogP contribution in [0.15, 0.2) is 0 Å². The van der Waals surface area contributed by atoms with Gasteiger partial charge in [0, 0.05) is 14.0 Å². The van der Waals surface area contributed by atoms with Gasteiger partial charge in [-0.3, -0.25) is 14.4 Å². The zero-order valence-electron chi connectivity index (χ0n) is 12.4. The maximum atomic E-state index is 11.3. The van der Waals surface area contributed by atoms with Crippen LogP contribution in [0.3, 0.4) is 0 Å². The minimum absolute atomic E-state index is 0.129. The van der Waals surface area contributed by atoms with Gasteiger partial charge in [-0.1, -0.05) is 6.92 Å². The molecule has 112 valence electrons. The number of likely N-dealkylation sites (N-methyl/N-ethyl adjacent to an activating group) is 1. The number of hydrogen-bond acceptors (Lipinski definition) is 4. The van der Waals surface area contributed by atoms with Gasteiger partial charge in [-0.25, -0.2) is 0 Å². The number of carbonyl (C=O) groups is 3. The van der Waals surface area contributed by atoms with E-state index in [1.165, 1.54) is 14.0 Å². The molecule has 0 aromatic heterocycles. The largest absolute Gasteiger partial charge is 0.357 e. The summed E-state index contributed by atoms with van der Waals surface area (Å²) in [6.45, 7) is 7.22. The molecule has 0 aliphatic rings. The molecule has 0 aromatic carbocycles. The number of amides is 3. The van der Waals surface area contributed by atoms with Crippen molar-refractivity contribution >= 4 is 17.7 Å². The molecule has 5 N–H and O–H groups in total. The van der Waals surface area contributed by atoms with Gasteiger partial charge in [-0.2, -0.15) is 0 Å². The third-order valence-electron chi connectivity index (χ3n) is 2.03. The Bertz CT molecular complexity index is 301. The topological polar surface area (TPSA) is 113 Å². The van der Waals surface area contributed by atoms with Crippen molar-refractivity contribution in [3.05, 3.63) is 0 Å². The predicted molar refractivity (Wildman–Crippen MR) is 74.3 cm³/mol. The van der Waals surface area contributed by atoms with Gasteiger partial charge in [0.05, 0.1) is 6.54 Å². The Morgan fingerprint density at radius 1 is 1.21 bits per heavy atom. The average Bonchev–Trinajstić information content (AvgIpc) is 2.35. The predicted octanol–water partition coefficient (Wildman–Crippen LogP) is -0.882. The summed E-state index contributed by atoms with van der Waals surface area (Å²) in [6.07, 6.45) is 1.10. The van der Waals surface area contributed by atoms with E-state index in [1.54, 1.807) is 13.8 Å². The van der Waals surface area contributed by atoms with Crippen molar-refractivity contribution in [2.24, 2.45) is 5.73 Å². The maximum Gasteiger partial charge on any atom is 0.244 e. The van der Waals surface area contributed by atoms with Crippen LogP contribution in [0, 0.1) is 0 Å². The molecule has 19 heavy (non-hydrogen) atoms. The summed E-state index contributed by atoms with van der Waals surface area (Å²) in [6, 6.07) is 0. The summed E-state index contributed by atoms with van der Waals surface area (Å²) in [7, 11) is 1.49. The standard InChI is InChI=1S/C9H17N3O3.C3H9N/c1-6(13)11-5-7(14)12-9(2,3)8(15)10-4;1-2-3-4/h5H2,1-4H3,(H,10,15)(H,11,13)(H,12,14);2-4H2,1H3. The van der Waals surface area contributed by atoms with Crippen molar-refractivity contribution in [2.75, 3.05) is 20.1 Å². The highest BCUT2D eigenvalue weighted by atomic mass is 16.2. The molecule has 0 saturated carbocycles. The number of hydrogen-bond donors (Lipinski definition) is 4. The SMILES string of the molecule is CCCN.CNC(=O)C(C)(C)NC(=O)CNC(C)=O. The van der Waals surface area contributed by atoms with Crippen molar-refractivity contribution in [3.8, 4) is 0 Å². The Hall–Kier alpha value is -1.63. The van der Waals surface area contributed by atoms with Crippen LogP contribution in [-0.2, 0) is 14.4 Å². The second-order valence-electron chi connectivity index (χ2n) is 4.45. The van der Waals surface area contributed by atoms with Crippen molar-refractivity contribution < 1.29 is 14.4 Å². The molecule has 0 atom stereocenters. The summed E-state index contributed by atoms with van der Waals surface area (Å²) in [5.41, 5.74) is 4.05. The monoisotopic (exact) mass is 274 g/mol. The lowest BCUT2D eigenvalue weighted by molar-refractivity contribution is -0.132. The van der Waals surface area contributed by atoms with Crippen LogP contribution in [-0.4, -0.2) is 43.4 Å². The van der Waals surface area contributed by atoms with E-state index in [2.05, 4.69) is 22.9 Å². The first-order valence-corrected chi connectivity index (χ1v) is 6.18. The Kier molecular flexibility index (Phi) is 10.7. The number of nitrogens with one attached hydrogen (secondary N) is 3. The number of carbonyl (C=O) groups excluding carboxylic acids is 3. The van der Waals surface area contributed by atoms with Gasteiger partial charge in [0.1, 0.15) is 5.54 Å². The molecule has 0 unspecified atom stereocenters. The van der Waals surface area contributed by atoms with E-state index in [1.807, 2.05) is 0 Å². The Balaban J connectivity index is 0. The first-order valence-electron chi connectivity index (χ1n) is 6.18. The van der Waals surface area contributed by atoms with Gasteiger partial charge < -0.3 is 21.7 Å². The minimum atomic E-state index is -0.982. The molecule has 7 heteroatoms. The maximum absolute atomic E-state index is 11.3. The van der Waals surface area contributed by atoms with E-state index in [9.17, 15) is 14.4 Å². The van der Waals surface area contributed by atoms with E-state index < -0.39 is 11.4 Å². The second kappa shape index (κ2) is 10.3. The molecular formula is C12H26N4O3. The highest BCUT2D eigenvalue weighted by Crippen LogP contribution is 2.00. The van der Waals surface area contributed by atoms with Gasteiger partial charge in [0.15, 0.2) is 0 Å². The fraction of sp³-hybridized carbons (Fsp3) is 0.750. The van der Waals surface area contributed by atoms with Crippen LogP contribution in [0.2, 0.25) is 0 Å². The summed E-state index contributed by atoms with van der Waals surface area (Å²) in [5, 5.41) is 7.27. The van der Waals surface area contributed by atoms with Gasteiger partial charge in [0.25, 0.3) is 0 Å². The first kappa shape index (κ1) is 19.7. The third-order valence-corrected chi connectivity index (χ3v) is 2.03. The van der Waals surface area contributed by atoms with Gasteiger partial charge >= 0.3 is 0 Å².